The van der Waals surface area contributed by atoms with E-state index < -0.39 is 17.3 Å². The molecule has 1 aliphatic heterocycles. The highest BCUT2D eigenvalue weighted by Gasteiger charge is 2.40. The quantitative estimate of drug-likeness (QED) is 0.213. The molecule has 1 aromatic carbocycles. The summed E-state index contributed by atoms with van der Waals surface area (Å²) in [7, 11) is 0. The second kappa shape index (κ2) is 17.3. The standard InChI is InChI=1S/C37H56N4O7/c1-11-33(36(8,9)44)47-35(43)25(3)19-24(2)28(6)37(10)20-26(4)34(39-29(7)42)27(5)21-45-22-30(23-46-37)40-48-32-15-13-31(14-16-32)41-18-12-17-38-41/h12-18,24-28,33,44H,11,19-23H2,1-10H3/b39-34+,40-30+/t24-,25?,26+,27?,28+,33+,37+/m0/s1. The van der Waals surface area contributed by atoms with Gasteiger partial charge >= 0.3 is 5.97 Å². The normalized spacial score (nSPS) is 25.5. The third kappa shape index (κ3) is 11.1. The summed E-state index contributed by atoms with van der Waals surface area (Å²) >= 11 is 0. The number of esters is 1. The van der Waals surface area contributed by atoms with Gasteiger partial charge in [-0.15, -0.1) is 0 Å². The lowest BCUT2D eigenvalue weighted by Crippen LogP contribution is -2.44. The Morgan fingerprint density at radius 2 is 1.83 bits per heavy atom. The summed E-state index contributed by atoms with van der Waals surface area (Å²) in [6.45, 7) is 19.7. The number of aromatic nitrogens is 2. The van der Waals surface area contributed by atoms with E-state index in [9.17, 15) is 14.7 Å². The average molecular weight is 669 g/mol. The Bertz CT molecular complexity index is 1380. The number of nitrogens with zero attached hydrogens (tertiary/aromatic N) is 4. The minimum Gasteiger partial charge on any atom is -0.459 e. The molecule has 3 rings (SSSR count). The van der Waals surface area contributed by atoms with Crippen molar-refractivity contribution in [3.05, 3.63) is 42.7 Å². The third-order valence-electron chi connectivity index (χ3n) is 9.46. The average Bonchev–Trinajstić information content (AvgIpc) is 3.57. The van der Waals surface area contributed by atoms with E-state index in [1.165, 1.54) is 6.92 Å². The molecule has 11 heteroatoms. The van der Waals surface area contributed by atoms with Crippen molar-refractivity contribution in [2.24, 2.45) is 39.7 Å². The summed E-state index contributed by atoms with van der Waals surface area (Å²) in [5.41, 5.74) is 0.451. The zero-order valence-corrected chi connectivity index (χ0v) is 30.4. The van der Waals surface area contributed by atoms with Crippen LogP contribution in [0.4, 0.5) is 0 Å². The third-order valence-corrected chi connectivity index (χ3v) is 9.46. The molecule has 2 heterocycles. The van der Waals surface area contributed by atoms with Gasteiger partial charge < -0.3 is 24.2 Å². The molecule has 48 heavy (non-hydrogen) atoms. The number of carbonyl (C=O) groups excluding carboxylic acids is 2. The SMILES string of the molecule is CC[C@@H](OC(=O)C(C)C[C@H](C)[C@@H](C)[C@@]1(C)C[C@@H](C)/C(=N\C(C)=O)C(C)COC/C(=N\Oc2ccc(-n3cccn3)cc2)CO1)C(C)(C)O. The lowest BCUT2D eigenvalue weighted by atomic mass is 9.72. The first kappa shape index (κ1) is 39.0. The first-order valence-electron chi connectivity index (χ1n) is 17.1. The molecule has 2 aromatic rings. The van der Waals surface area contributed by atoms with Crippen LogP contribution in [0.3, 0.4) is 0 Å². The fraction of sp³-hybridized carbons (Fsp3) is 0.649. The lowest BCUT2D eigenvalue weighted by molar-refractivity contribution is -0.167. The van der Waals surface area contributed by atoms with E-state index in [1.54, 1.807) is 24.7 Å². The van der Waals surface area contributed by atoms with Gasteiger partial charge in [0.1, 0.15) is 11.8 Å². The number of oxime groups is 1. The highest BCUT2D eigenvalue weighted by molar-refractivity contribution is 5.97. The van der Waals surface area contributed by atoms with Crippen LogP contribution in [-0.4, -0.2) is 75.3 Å². The van der Waals surface area contributed by atoms with Crippen molar-refractivity contribution in [2.45, 2.75) is 106 Å². The zero-order chi connectivity index (χ0) is 35.6. The number of aliphatic hydroxyl groups is 1. The molecule has 1 saturated heterocycles. The summed E-state index contributed by atoms with van der Waals surface area (Å²) in [5.74, 6) is -0.524. The van der Waals surface area contributed by atoms with Gasteiger partial charge in [0.25, 0.3) is 0 Å². The molecule has 0 radical (unpaired) electrons. The van der Waals surface area contributed by atoms with E-state index >= 15 is 0 Å². The largest absolute Gasteiger partial charge is 0.459 e. The smallest absolute Gasteiger partial charge is 0.309 e. The number of carbonyl (C=O) groups is 2. The van der Waals surface area contributed by atoms with Crippen LogP contribution in [-0.2, 0) is 23.8 Å². The Hall–Kier alpha value is -3.41. The first-order chi connectivity index (χ1) is 22.5. The van der Waals surface area contributed by atoms with E-state index in [4.69, 9.17) is 19.0 Å². The van der Waals surface area contributed by atoms with E-state index in [1.807, 2.05) is 57.3 Å². The Kier molecular flexibility index (Phi) is 14.1. The van der Waals surface area contributed by atoms with Gasteiger partial charge in [-0.25, -0.2) is 9.67 Å². The van der Waals surface area contributed by atoms with Crippen molar-refractivity contribution in [3.63, 3.8) is 0 Å². The van der Waals surface area contributed by atoms with Crippen molar-refractivity contribution < 1.29 is 33.7 Å². The van der Waals surface area contributed by atoms with Gasteiger partial charge in [-0.05, 0) is 88.1 Å². The Labute approximate surface area is 286 Å². The maximum absolute atomic E-state index is 13.1. The van der Waals surface area contributed by atoms with Gasteiger partial charge in [0.05, 0.1) is 42.6 Å². The van der Waals surface area contributed by atoms with Crippen LogP contribution in [0, 0.1) is 29.6 Å². The van der Waals surface area contributed by atoms with Gasteiger partial charge in [0, 0.05) is 30.9 Å². The van der Waals surface area contributed by atoms with Crippen molar-refractivity contribution in [2.75, 3.05) is 19.8 Å². The molecule has 0 spiro atoms. The van der Waals surface area contributed by atoms with Gasteiger partial charge in [0.15, 0.2) is 5.75 Å². The van der Waals surface area contributed by atoms with Crippen LogP contribution in [0.15, 0.2) is 52.9 Å². The van der Waals surface area contributed by atoms with Crippen molar-refractivity contribution in [3.8, 4) is 11.4 Å². The number of amides is 1. The molecule has 0 bridgehead atoms. The molecule has 1 aromatic heterocycles. The first-order valence-corrected chi connectivity index (χ1v) is 17.1. The van der Waals surface area contributed by atoms with E-state index in [2.05, 4.69) is 42.9 Å². The molecule has 0 saturated carbocycles. The van der Waals surface area contributed by atoms with E-state index in [0.29, 0.717) is 37.3 Å². The Balaban J connectivity index is 1.83. The predicted octanol–water partition coefficient (Wildman–Crippen LogP) is 6.45. The van der Waals surface area contributed by atoms with Crippen LogP contribution < -0.4 is 4.84 Å². The summed E-state index contributed by atoms with van der Waals surface area (Å²) in [6.07, 6.45) is 4.69. The van der Waals surface area contributed by atoms with Gasteiger partial charge in [-0.2, -0.15) is 5.10 Å². The zero-order valence-electron chi connectivity index (χ0n) is 30.4. The summed E-state index contributed by atoms with van der Waals surface area (Å²) < 4.78 is 20.3. The fourth-order valence-electron chi connectivity index (χ4n) is 6.40. The van der Waals surface area contributed by atoms with Crippen molar-refractivity contribution in [1.29, 1.82) is 0 Å². The van der Waals surface area contributed by atoms with Crippen molar-refractivity contribution >= 4 is 23.3 Å². The molecular formula is C37H56N4O7. The number of hydrogen-bond acceptors (Lipinski definition) is 9. The number of benzene rings is 1. The number of ether oxygens (including phenoxy) is 3. The molecule has 1 amide bonds. The molecule has 1 N–H and O–H groups in total. The Morgan fingerprint density at radius 3 is 2.42 bits per heavy atom. The topological polar surface area (TPSA) is 134 Å². The second-order valence-corrected chi connectivity index (χ2v) is 14.3. The van der Waals surface area contributed by atoms with Gasteiger partial charge in [0.2, 0.25) is 5.91 Å². The molecule has 1 aliphatic rings. The number of hydrogen-bond donors (Lipinski definition) is 1. The molecule has 1 fully saturated rings. The maximum atomic E-state index is 13.1. The second-order valence-electron chi connectivity index (χ2n) is 14.3. The van der Waals surface area contributed by atoms with Crippen LogP contribution in [0.5, 0.6) is 5.75 Å². The van der Waals surface area contributed by atoms with Crippen LogP contribution >= 0.6 is 0 Å². The molecule has 0 aliphatic carbocycles. The molecule has 7 atom stereocenters. The van der Waals surface area contributed by atoms with Crippen molar-refractivity contribution in [1.82, 2.24) is 9.78 Å². The summed E-state index contributed by atoms with van der Waals surface area (Å²) in [4.78, 5) is 35.5. The van der Waals surface area contributed by atoms with Crippen LogP contribution in [0.1, 0.15) is 88.5 Å². The van der Waals surface area contributed by atoms with Gasteiger partial charge in [-0.3, -0.25) is 9.59 Å². The van der Waals surface area contributed by atoms with E-state index in [0.717, 1.165) is 11.4 Å². The fourth-order valence-corrected chi connectivity index (χ4v) is 6.40. The molecule has 2 unspecified atom stereocenters. The van der Waals surface area contributed by atoms with Gasteiger partial charge in [-0.1, -0.05) is 46.7 Å². The Morgan fingerprint density at radius 1 is 1.15 bits per heavy atom. The molecule has 266 valence electrons. The summed E-state index contributed by atoms with van der Waals surface area (Å²) in [6, 6.07) is 9.31. The highest BCUT2D eigenvalue weighted by Crippen LogP contribution is 2.38. The van der Waals surface area contributed by atoms with Crippen LogP contribution in [0.25, 0.3) is 5.69 Å². The lowest BCUT2D eigenvalue weighted by Gasteiger charge is -2.41. The minimum atomic E-state index is -1.12. The minimum absolute atomic E-state index is 0.0148. The van der Waals surface area contributed by atoms with Crippen LogP contribution in [0.2, 0.25) is 0 Å². The predicted molar refractivity (Wildman–Crippen MR) is 186 cm³/mol. The summed E-state index contributed by atoms with van der Waals surface area (Å²) in [5, 5.41) is 19.1. The molecular weight excluding hydrogens is 612 g/mol. The monoisotopic (exact) mass is 668 g/mol. The maximum Gasteiger partial charge on any atom is 0.309 e. The number of aliphatic imine (C=N–C) groups is 1. The van der Waals surface area contributed by atoms with E-state index in [-0.39, 0.29) is 54.7 Å². The highest BCUT2D eigenvalue weighted by atomic mass is 16.6. The molecule has 11 nitrogen and oxygen atoms in total. The number of rotatable bonds is 11.